The summed E-state index contributed by atoms with van der Waals surface area (Å²) < 4.78 is 0. The first-order valence-electron chi connectivity index (χ1n) is 18.3. The summed E-state index contributed by atoms with van der Waals surface area (Å²) in [4.78, 5) is 24.2. The maximum Gasteiger partial charge on any atom is 0.164 e. The van der Waals surface area contributed by atoms with E-state index in [4.69, 9.17) is 20.2 Å². The molecule has 0 atom stereocenters. The van der Waals surface area contributed by atoms with Gasteiger partial charge in [0.25, 0.3) is 0 Å². The first kappa shape index (κ1) is 33.9. The normalized spacial score (nSPS) is 10.8. The van der Waals surface area contributed by atoms with E-state index in [1.54, 1.807) is 12.1 Å². The molecule has 0 fully saturated rings. The predicted octanol–water partition coefficient (Wildman–Crippen LogP) is 11.9. The zero-order valence-corrected chi connectivity index (χ0v) is 30.2. The van der Waals surface area contributed by atoms with Gasteiger partial charge in [-0.2, -0.15) is 5.26 Å². The molecule has 6 nitrogen and oxygen atoms in total. The Balaban J connectivity index is 0.995. The van der Waals surface area contributed by atoms with Gasteiger partial charge in [0.15, 0.2) is 23.3 Å². The van der Waals surface area contributed by atoms with Gasteiger partial charge in [-0.05, 0) is 51.1 Å². The summed E-state index contributed by atoms with van der Waals surface area (Å²) in [5.41, 5.74) is 12.9. The number of nitrogens with zero attached hydrogens (tertiary/aromatic N) is 6. The lowest BCUT2D eigenvalue weighted by molar-refractivity contribution is 1.07. The number of rotatable bonds is 8. The molecule has 0 bridgehead atoms. The molecule has 0 saturated carbocycles. The summed E-state index contributed by atoms with van der Waals surface area (Å²) in [5.74, 6) is 2.48. The quantitative estimate of drug-likeness (QED) is 0.156. The zero-order chi connectivity index (χ0) is 37.7. The smallest absolute Gasteiger partial charge is 0.164 e. The fraction of sp³-hybridized carbons (Fsp3) is 0. The van der Waals surface area contributed by atoms with Crippen LogP contribution in [0, 0.1) is 11.3 Å². The van der Waals surface area contributed by atoms with Crippen LogP contribution in [0.3, 0.4) is 0 Å². The summed E-state index contributed by atoms with van der Waals surface area (Å²) in [7, 11) is 0. The number of aromatic nitrogens is 5. The van der Waals surface area contributed by atoms with E-state index in [2.05, 4.69) is 125 Å². The van der Waals surface area contributed by atoms with Gasteiger partial charge in [-0.15, -0.1) is 0 Å². The Kier molecular flexibility index (Phi) is 9.23. The van der Waals surface area contributed by atoms with E-state index in [1.165, 1.54) is 0 Å². The van der Waals surface area contributed by atoms with Gasteiger partial charge in [0, 0.05) is 40.2 Å². The van der Waals surface area contributed by atoms with E-state index in [0.29, 0.717) is 28.9 Å². The number of hydrogen-bond donors (Lipinski definition) is 0. The van der Waals surface area contributed by atoms with Gasteiger partial charge in [-0.1, -0.05) is 170 Å². The standard InChI is InChI=1S/C50H32N6/c51-31-34-11-13-41(14-12-34)46-32-52-47(53-33-46)42-23-15-39(16-24-42)40-21-29-45(30-22-40)50-55-48(43-25-17-37(18-26-43)35-7-3-1-4-8-35)54-49(56-50)44-27-19-38(20-28-44)36-9-5-2-6-10-36/h1-30,32-33H. The molecule has 262 valence electrons. The third-order valence-electron chi connectivity index (χ3n) is 9.75. The van der Waals surface area contributed by atoms with Crippen molar-refractivity contribution in [2.24, 2.45) is 0 Å². The Morgan fingerprint density at radius 1 is 0.268 bits per heavy atom. The minimum absolute atomic E-state index is 0.604. The fourth-order valence-corrected chi connectivity index (χ4v) is 6.63. The summed E-state index contributed by atoms with van der Waals surface area (Å²) in [6.45, 7) is 0. The summed E-state index contributed by atoms with van der Waals surface area (Å²) in [6, 6.07) is 63.6. The van der Waals surface area contributed by atoms with Gasteiger partial charge in [-0.3, -0.25) is 0 Å². The lowest BCUT2D eigenvalue weighted by Gasteiger charge is -2.10. The molecule has 9 rings (SSSR count). The Morgan fingerprint density at radius 3 is 0.875 bits per heavy atom. The van der Waals surface area contributed by atoms with Crippen LogP contribution in [-0.2, 0) is 0 Å². The van der Waals surface area contributed by atoms with E-state index in [-0.39, 0.29) is 0 Å². The second-order valence-corrected chi connectivity index (χ2v) is 13.3. The van der Waals surface area contributed by atoms with Crippen molar-refractivity contribution in [2.75, 3.05) is 0 Å². The van der Waals surface area contributed by atoms with Crippen LogP contribution in [0.4, 0.5) is 0 Å². The molecule has 6 heteroatoms. The second-order valence-electron chi connectivity index (χ2n) is 13.3. The van der Waals surface area contributed by atoms with Crippen molar-refractivity contribution in [2.45, 2.75) is 0 Å². The molecular weight excluding hydrogens is 685 g/mol. The Bertz CT molecular complexity index is 2680. The van der Waals surface area contributed by atoms with Crippen molar-refractivity contribution in [1.29, 1.82) is 5.26 Å². The molecule has 0 aliphatic rings. The lowest BCUT2D eigenvalue weighted by atomic mass is 10.0. The van der Waals surface area contributed by atoms with Crippen molar-refractivity contribution in [1.82, 2.24) is 24.9 Å². The molecule has 7 aromatic carbocycles. The number of benzene rings is 7. The largest absolute Gasteiger partial charge is 0.236 e. The van der Waals surface area contributed by atoms with E-state index < -0.39 is 0 Å². The van der Waals surface area contributed by atoms with Crippen LogP contribution in [0.2, 0.25) is 0 Å². The summed E-state index contributed by atoms with van der Waals surface area (Å²) in [6.07, 6.45) is 3.63. The lowest BCUT2D eigenvalue weighted by Crippen LogP contribution is -2.00. The van der Waals surface area contributed by atoms with Crippen molar-refractivity contribution < 1.29 is 0 Å². The summed E-state index contributed by atoms with van der Waals surface area (Å²) >= 11 is 0. The average Bonchev–Trinajstić information content (AvgIpc) is 3.30. The van der Waals surface area contributed by atoms with Crippen LogP contribution in [0.1, 0.15) is 5.56 Å². The van der Waals surface area contributed by atoms with Crippen molar-refractivity contribution in [3.8, 4) is 96.1 Å². The van der Waals surface area contributed by atoms with E-state index in [9.17, 15) is 0 Å². The first-order valence-corrected chi connectivity index (χ1v) is 18.3. The zero-order valence-electron chi connectivity index (χ0n) is 30.2. The first-order chi connectivity index (χ1) is 27.7. The number of hydrogen-bond acceptors (Lipinski definition) is 6. The Labute approximate surface area is 325 Å². The average molecular weight is 717 g/mol. The molecule has 9 aromatic rings. The predicted molar refractivity (Wildman–Crippen MR) is 224 cm³/mol. The van der Waals surface area contributed by atoms with Crippen LogP contribution in [0.15, 0.2) is 194 Å². The molecule has 0 radical (unpaired) electrons. The molecule has 0 unspecified atom stereocenters. The third kappa shape index (κ3) is 7.21. The molecule has 0 saturated heterocycles. The molecule has 56 heavy (non-hydrogen) atoms. The fourth-order valence-electron chi connectivity index (χ4n) is 6.63. The van der Waals surface area contributed by atoms with Crippen molar-refractivity contribution in [3.05, 3.63) is 200 Å². The Hall–Kier alpha value is -7.88. The maximum absolute atomic E-state index is 9.09. The minimum Gasteiger partial charge on any atom is -0.236 e. The maximum atomic E-state index is 9.09. The molecule has 0 aliphatic heterocycles. The molecule has 0 amide bonds. The van der Waals surface area contributed by atoms with Crippen LogP contribution in [0.25, 0.3) is 90.1 Å². The van der Waals surface area contributed by atoms with Gasteiger partial charge < -0.3 is 0 Å². The minimum atomic E-state index is 0.604. The van der Waals surface area contributed by atoms with Gasteiger partial charge in [-0.25, -0.2) is 24.9 Å². The van der Waals surface area contributed by atoms with Gasteiger partial charge in [0.2, 0.25) is 0 Å². The highest BCUT2D eigenvalue weighted by molar-refractivity contribution is 5.74. The molecule has 0 N–H and O–H groups in total. The van der Waals surface area contributed by atoms with E-state index in [0.717, 1.165) is 66.8 Å². The van der Waals surface area contributed by atoms with Gasteiger partial charge in [0.05, 0.1) is 11.6 Å². The summed E-state index contributed by atoms with van der Waals surface area (Å²) in [5, 5.41) is 9.09. The van der Waals surface area contributed by atoms with Crippen molar-refractivity contribution >= 4 is 0 Å². The topological polar surface area (TPSA) is 88.2 Å². The highest BCUT2D eigenvalue weighted by Crippen LogP contribution is 2.31. The highest BCUT2D eigenvalue weighted by atomic mass is 15.0. The molecular formula is C50H32N6. The van der Waals surface area contributed by atoms with Crippen LogP contribution in [0.5, 0.6) is 0 Å². The van der Waals surface area contributed by atoms with Gasteiger partial charge >= 0.3 is 0 Å². The van der Waals surface area contributed by atoms with Crippen LogP contribution >= 0.6 is 0 Å². The molecule has 2 heterocycles. The highest BCUT2D eigenvalue weighted by Gasteiger charge is 2.14. The SMILES string of the molecule is N#Cc1ccc(-c2cnc(-c3ccc(-c4ccc(-c5nc(-c6ccc(-c7ccccc7)cc6)nc(-c6ccc(-c7ccccc7)cc6)n5)cc4)cc3)nc2)cc1. The Morgan fingerprint density at radius 2 is 0.536 bits per heavy atom. The van der Waals surface area contributed by atoms with Crippen LogP contribution < -0.4 is 0 Å². The van der Waals surface area contributed by atoms with E-state index >= 15 is 0 Å². The van der Waals surface area contributed by atoms with Crippen molar-refractivity contribution in [3.63, 3.8) is 0 Å². The second kappa shape index (κ2) is 15.2. The van der Waals surface area contributed by atoms with Crippen LogP contribution in [-0.4, -0.2) is 24.9 Å². The number of nitriles is 1. The van der Waals surface area contributed by atoms with E-state index in [1.807, 2.05) is 73.1 Å². The molecule has 2 aromatic heterocycles. The van der Waals surface area contributed by atoms with Gasteiger partial charge in [0.1, 0.15) is 0 Å². The molecule has 0 aliphatic carbocycles. The monoisotopic (exact) mass is 716 g/mol. The third-order valence-corrected chi connectivity index (χ3v) is 9.75. The molecule has 0 spiro atoms.